The average Bonchev–Trinajstić information content (AvgIpc) is 2.51. The molecule has 0 radical (unpaired) electrons. The van der Waals surface area contributed by atoms with Gasteiger partial charge in [0.1, 0.15) is 0 Å². The summed E-state index contributed by atoms with van der Waals surface area (Å²) in [4.78, 5) is 4.79. The van der Waals surface area contributed by atoms with Crippen molar-refractivity contribution in [3.8, 4) is 11.3 Å². The molecule has 1 aliphatic rings. The summed E-state index contributed by atoms with van der Waals surface area (Å²) in [6, 6.07) is 12.3. The summed E-state index contributed by atoms with van der Waals surface area (Å²) in [6.07, 6.45) is 0. The van der Waals surface area contributed by atoms with E-state index in [1.165, 1.54) is 0 Å². The topological polar surface area (TPSA) is 32.3 Å². The second-order valence-electron chi connectivity index (χ2n) is 5.50. The maximum absolute atomic E-state index is 4.37. The van der Waals surface area contributed by atoms with Crippen molar-refractivity contribution in [2.75, 3.05) is 33.2 Å². The molecule has 0 spiro atoms. The van der Waals surface area contributed by atoms with Crippen molar-refractivity contribution in [2.24, 2.45) is 0 Å². The second kappa shape index (κ2) is 6.64. The van der Waals surface area contributed by atoms with Crippen LogP contribution >= 0.6 is 15.9 Å². The highest BCUT2D eigenvalue weighted by molar-refractivity contribution is 9.10. The van der Waals surface area contributed by atoms with E-state index >= 15 is 0 Å². The van der Waals surface area contributed by atoms with Gasteiger partial charge in [-0.25, -0.2) is 0 Å². The number of aromatic nitrogens is 2. The smallest absolute Gasteiger partial charge is 0.0929 e. The summed E-state index contributed by atoms with van der Waals surface area (Å²) in [5.41, 5.74) is 3.06. The molecule has 3 rings (SSSR count). The van der Waals surface area contributed by atoms with Gasteiger partial charge >= 0.3 is 0 Å². The van der Waals surface area contributed by atoms with Crippen LogP contribution in [0.25, 0.3) is 11.3 Å². The van der Waals surface area contributed by atoms with E-state index in [-0.39, 0.29) is 0 Å². The normalized spacial score (nSPS) is 17.0. The third-order valence-electron chi connectivity index (χ3n) is 3.84. The Hall–Kier alpha value is -1.30. The van der Waals surface area contributed by atoms with Crippen LogP contribution in [0.3, 0.4) is 0 Å². The summed E-state index contributed by atoms with van der Waals surface area (Å²) in [6.45, 7) is 5.36. The van der Waals surface area contributed by atoms with E-state index in [1.54, 1.807) is 0 Å². The summed E-state index contributed by atoms with van der Waals surface area (Å²) in [5.74, 6) is 0. The molecule has 1 saturated heterocycles. The van der Waals surface area contributed by atoms with E-state index in [9.17, 15) is 0 Å². The van der Waals surface area contributed by atoms with Gasteiger partial charge in [-0.15, -0.1) is 0 Å². The van der Waals surface area contributed by atoms with Gasteiger partial charge in [0, 0.05) is 42.8 Å². The van der Waals surface area contributed by atoms with Crippen molar-refractivity contribution in [2.45, 2.75) is 6.54 Å². The number of hydrogen-bond donors (Lipinski definition) is 0. The highest BCUT2D eigenvalue weighted by atomic mass is 79.9. The Labute approximate surface area is 133 Å². The van der Waals surface area contributed by atoms with Gasteiger partial charge in [-0.1, -0.05) is 28.1 Å². The molecule has 110 valence electrons. The van der Waals surface area contributed by atoms with Gasteiger partial charge in [0.25, 0.3) is 0 Å². The molecule has 0 bridgehead atoms. The lowest BCUT2D eigenvalue weighted by Crippen LogP contribution is -2.44. The molecular formula is C16H19BrN4. The van der Waals surface area contributed by atoms with Crippen molar-refractivity contribution in [3.63, 3.8) is 0 Å². The van der Waals surface area contributed by atoms with E-state index in [4.69, 9.17) is 0 Å². The van der Waals surface area contributed by atoms with Gasteiger partial charge in [0.2, 0.25) is 0 Å². The molecule has 1 aliphatic heterocycles. The minimum Gasteiger partial charge on any atom is -0.304 e. The van der Waals surface area contributed by atoms with Crippen molar-refractivity contribution in [1.82, 2.24) is 20.0 Å². The van der Waals surface area contributed by atoms with Gasteiger partial charge in [-0.3, -0.25) is 4.90 Å². The first-order valence-corrected chi connectivity index (χ1v) is 7.99. The molecule has 4 nitrogen and oxygen atoms in total. The zero-order chi connectivity index (χ0) is 14.7. The fourth-order valence-electron chi connectivity index (χ4n) is 2.45. The van der Waals surface area contributed by atoms with Crippen LogP contribution in [0.1, 0.15) is 5.69 Å². The van der Waals surface area contributed by atoms with Crippen LogP contribution in [-0.2, 0) is 6.54 Å². The van der Waals surface area contributed by atoms with Gasteiger partial charge in [-0.05, 0) is 31.3 Å². The first-order chi connectivity index (χ1) is 10.2. The predicted octanol–water partition coefficient (Wildman–Crippen LogP) is 2.65. The molecule has 0 N–H and O–H groups in total. The minimum absolute atomic E-state index is 0.890. The molecule has 0 amide bonds. The standard InChI is InChI=1S/C16H19BrN4/c1-20-8-10-21(11-9-20)12-15-6-7-16(19-18-15)13-2-4-14(17)5-3-13/h2-7H,8-12H2,1H3. The van der Waals surface area contributed by atoms with Crippen molar-refractivity contribution >= 4 is 15.9 Å². The lowest BCUT2D eigenvalue weighted by atomic mass is 10.1. The number of rotatable bonds is 3. The number of piperazine rings is 1. The Balaban J connectivity index is 1.65. The van der Waals surface area contributed by atoms with Gasteiger partial charge in [0.15, 0.2) is 0 Å². The number of benzene rings is 1. The highest BCUT2D eigenvalue weighted by Gasteiger charge is 2.14. The lowest BCUT2D eigenvalue weighted by molar-refractivity contribution is 0.146. The van der Waals surface area contributed by atoms with Crippen molar-refractivity contribution in [1.29, 1.82) is 0 Å². The van der Waals surface area contributed by atoms with E-state index in [2.05, 4.69) is 55.1 Å². The van der Waals surface area contributed by atoms with Crippen LogP contribution in [0.2, 0.25) is 0 Å². The second-order valence-corrected chi connectivity index (χ2v) is 6.41. The fraction of sp³-hybridized carbons (Fsp3) is 0.375. The molecule has 1 aromatic carbocycles. The number of likely N-dealkylation sites (N-methyl/N-ethyl adjacent to an activating group) is 1. The summed E-state index contributed by atoms with van der Waals surface area (Å²) < 4.78 is 1.07. The maximum atomic E-state index is 4.37. The summed E-state index contributed by atoms with van der Waals surface area (Å²) >= 11 is 3.44. The van der Waals surface area contributed by atoms with Crippen LogP contribution in [0.15, 0.2) is 40.9 Å². The number of nitrogens with zero attached hydrogens (tertiary/aromatic N) is 4. The molecular weight excluding hydrogens is 328 g/mol. The molecule has 21 heavy (non-hydrogen) atoms. The van der Waals surface area contributed by atoms with Crippen LogP contribution in [0.5, 0.6) is 0 Å². The Bertz CT molecular complexity index is 574. The molecule has 0 atom stereocenters. The monoisotopic (exact) mass is 346 g/mol. The average molecular weight is 347 g/mol. The molecule has 1 fully saturated rings. The van der Waals surface area contributed by atoms with E-state index < -0.39 is 0 Å². The first kappa shape index (κ1) is 14.6. The molecule has 0 unspecified atom stereocenters. The van der Waals surface area contributed by atoms with E-state index in [0.717, 1.165) is 54.1 Å². The van der Waals surface area contributed by atoms with Gasteiger partial charge in [-0.2, -0.15) is 10.2 Å². The Morgan fingerprint density at radius 3 is 2.29 bits per heavy atom. The van der Waals surface area contributed by atoms with E-state index in [1.807, 2.05) is 24.3 Å². The number of hydrogen-bond acceptors (Lipinski definition) is 4. The van der Waals surface area contributed by atoms with Gasteiger partial charge < -0.3 is 4.90 Å². The van der Waals surface area contributed by atoms with Crippen LogP contribution in [0.4, 0.5) is 0 Å². The maximum Gasteiger partial charge on any atom is 0.0929 e. The van der Waals surface area contributed by atoms with Gasteiger partial charge in [0.05, 0.1) is 11.4 Å². The SMILES string of the molecule is CN1CCN(Cc2ccc(-c3ccc(Br)cc3)nn2)CC1. The Morgan fingerprint density at radius 1 is 0.952 bits per heavy atom. The van der Waals surface area contributed by atoms with Crippen LogP contribution in [-0.4, -0.2) is 53.2 Å². The summed E-state index contributed by atoms with van der Waals surface area (Å²) in [5, 5.41) is 8.73. The Kier molecular flexibility index (Phi) is 4.63. The quantitative estimate of drug-likeness (QED) is 0.855. The third-order valence-corrected chi connectivity index (χ3v) is 4.37. The minimum atomic E-state index is 0.890. The number of halogens is 1. The van der Waals surface area contributed by atoms with E-state index in [0.29, 0.717) is 0 Å². The molecule has 1 aromatic heterocycles. The summed E-state index contributed by atoms with van der Waals surface area (Å²) in [7, 11) is 2.17. The molecule has 2 aromatic rings. The molecule has 5 heteroatoms. The zero-order valence-corrected chi connectivity index (χ0v) is 13.8. The zero-order valence-electron chi connectivity index (χ0n) is 12.2. The Morgan fingerprint density at radius 2 is 1.67 bits per heavy atom. The molecule has 2 heterocycles. The lowest BCUT2D eigenvalue weighted by Gasteiger charge is -2.31. The molecule has 0 saturated carbocycles. The van der Waals surface area contributed by atoms with Crippen LogP contribution in [0, 0.1) is 0 Å². The third kappa shape index (κ3) is 3.87. The first-order valence-electron chi connectivity index (χ1n) is 7.20. The predicted molar refractivity (Wildman–Crippen MR) is 87.9 cm³/mol. The van der Waals surface area contributed by atoms with Crippen molar-refractivity contribution in [3.05, 3.63) is 46.6 Å². The van der Waals surface area contributed by atoms with Crippen molar-refractivity contribution < 1.29 is 0 Å². The highest BCUT2D eigenvalue weighted by Crippen LogP contribution is 2.19. The fourth-order valence-corrected chi connectivity index (χ4v) is 2.72. The molecule has 0 aliphatic carbocycles. The van der Waals surface area contributed by atoms with Crippen LogP contribution < -0.4 is 0 Å². The largest absolute Gasteiger partial charge is 0.304 e.